The van der Waals surface area contributed by atoms with E-state index in [1.165, 1.54) is 16.2 Å². The number of esters is 1. The maximum absolute atomic E-state index is 13.3. The summed E-state index contributed by atoms with van der Waals surface area (Å²) in [7, 11) is 0. The number of rotatable bonds is 9. The highest BCUT2D eigenvalue weighted by molar-refractivity contribution is 7.18. The number of amides is 1. The Labute approximate surface area is 206 Å². The first kappa shape index (κ1) is 23.8. The van der Waals surface area contributed by atoms with E-state index < -0.39 is 5.97 Å². The topological polar surface area (TPSA) is 134 Å². The molecule has 0 aliphatic rings. The largest absolute Gasteiger partial charge is 0.465 e. The molecule has 178 valence electrons. The van der Waals surface area contributed by atoms with E-state index in [9.17, 15) is 9.59 Å². The van der Waals surface area contributed by atoms with Gasteiger partial charge in [-0.1, -0.05) is 6.07 Å². The first-order valence-electron chi connectivity index (χ1n) is 10.9. The van der Waals surface area contributed by atoms with E-state index in [1.807, 2.05) is 18.2 Å². The smallest absolute Gasteiger partial charge is 0.326 e. The summed E-state index contributed by atoms with van der Waals surface area (Å²) in [6.45, 7) is 2.21. The zero-order chi connectivity index (χ0) is 24.8. The molecule has 0 atom stereocenters. The highest BCUT2D eigenvalue weighted by Gasteiger charge is 2.23. The number of fused-ring (bicyclic) bond motifs is 1. The van der Waals surface area contributed by atoms with Crippen molar-refractivity contribution in [3.05, 3.63) is 83.0 Å². The molecule has 2 aromatic carbocycles. The molecule has 0 aliphatic heterocycles. The Bertz CT molecular complexity index is 1350. The van der Waals surface area contributed by atoms with E-state index >= 15 is 0 Å². The van der Waals surface area contributed by atoms with Crippen LogP contribution in [0.1, 0.15) is 27.9 Å². The molecule has 0 aliphatic carbocycles. The number of carbonyl (C=O) groups is 2. The second-order valence-corrected chi connectivity index (χ2v) is 8.63. The monoisotopic (exact) mass is 488 g/mol. The van der Waals surface area contributed by atoms with Gasteiger partial charge in [0.1, 0.15) is 23.2 Å². The third-order valence-electron chi connectivity index (χ3n) is 5.08. The van der Waals surface area contributed by atoms with Crippen molar-refractivity contribution in [2.24, 2.45) is 5.73 Å². The van der Waals surface area contributed by atoms with Gasteiger partial charge in [0.15, 0.2) is 0 Å². The number of nitrogen functional groups attached to an aromatic ring is 1. The summed E-state index contributed by atoms with van der Waals surface area (Å²) in [6, 6.07) is 17.7. The van der Waals surface area contributed by atoms with Crippen molar-refractivity contribution < 1.29 is 14.3 Å². The maximum Gasteiger partial charge on any atom is 0.326 e. The van der Waals surface area contributed by atoms with E-state index in [1.54, 1.807) is 55.6 Å². The number of anilines is 2. The van der Waals surface area contributed by atoms with Gasteiger partial charge < -0.3 is 15.8 Å². The summed E-state index contributed by atoms with van der Waals surface area (Å²) in [6.07, 6.45) is 1.57. The van der Waals surface area contributed by atoms with Gasteiger partial charge in [-0.3, -0.25) is 19.9 Å². The average molecular weight is 489 g/mol. The summed E-state index contributed by atoms with van der Waals surface area (Å²) in [5.41, 5.74) is 8.14. The van der Waals surface area contributed by atoms with Gasteiger partial charge >= 0.3 is 5.97 Å². The van der Waals surface area contributed by atoms with Crippen LogP contribution in [-0.4, -0.2) is 40.8 Å². The Morgan fingerprint density at radius 1 is 1.11 bits per heavy atom. The summed E-state index contributed by atoms with van der Waals surface area (Å²) in [5, 5.41) is 11.6. The number of hydrogen-bond acceptors (Lipinski definition) is 8. The highest BCUT2D eigenvalue weighted by Crippen LogP contribution is 2.25. The van der Waals surface area contributed by atoms with Crippen LogP contribution in [0.4, 0.5) is 11.5 Å². The average Bonchev–Trinajstić information content (AvgIpc) is 3.29. The quantitative estimate of drug-likeness (QED) is 0.185. The van der Waals surface area contributed by atoms with E-state index in [2.05, 4.69) is 15.3 Å². The molecular weight excluding hydrogens is 464 g/mol. The molecule has 0 radical (unpaired) electrons. The zero-order valence-corrected chi connectivity index (χ0v) is 19.8. The lowest BCUT2D eigenvalue weighted by molar-refractivity contribution is -0.141. The number of carbonyl (C=O) groups excluding carboxylic acids is 2. The lowest BCUT2D eigenvalue weighted by Gasteiger charge is -2.20. The van der Waals surface area contributed by atoms with Crippen molar-refractivity contribution in [3.63, 3.8) is 0 Å². The Kier molecular flexibility index (Phi) is 7.32. The van der Waals surface area contributed by atoms with Crippen molar-refractivity contribution in [2.75, 3.05) is 23.4 Å². The second-order valence-electron chi connectivity index (χ2n) is 7.52. The Hall–Kier alpha value is -4.31. The molecule has 0 spiro atoms. The number of thiazole rings is 1. The molecule has 4 aromatic rings. The minimum absolute atomic E-state index is 0.0249. The third-order valence-corrected chi connectivity index (χ3v) is 6.12. The summed E-state index contributed by atoms with van der Waals surface area (Å²) in [4.78, 5) is 35.7. The molecule has 10 heteroatoms. The minimum atomic E-state index is -0.508. The molecule has 0 saturated heterocycles. The lowest BCUT2D eigenvalue weighted by Crippen LogP contribution is -2.37. The standard InChI is InChI=1S/C25H24N6O3S/c1-2-34-23(32)15-31(21-5-3-4-12-28-21)25(33)17-8-11-20-19(13-17)30-22(35-20)14-29-18-9-6-16(7-10-18)24(26)27/h3-13,29H,2,14-15H2,1H3,(H3,26,27). The molecule has 1 amide bonds. The van der Waals surface area contributed by atoms with Gasteiger partial charge in [0.05, 0.1) is 23.4 Å². The molecule has 35 heavy (non-hydrogen) atoms. The molecular formula is C25H24N6O3S. The van der Waals surface area contributed by atoms with Crippen LogP contribution in [0.25, 0.3) is 10.2 Å². The van der Waals surface area contributed by atoms with Gasteiger partial charge in [0, 0.05) is 23.0 Å². The molecule has 0 unspecified atom stereocenters. The van der Waals surface area contributed by atoms with E-state index in [4.69, 9.17) is 15.9 Å². The predicted molar refractivity (Wildman–Crippen MR) is 137 cm³/mol. The van der Waals surface area contributed by atoms with Gasteiger partial charge in [0.25, 0.3) is 5.91 Å². The van der Waals surface area contributed by atoms with E-state index in [-0.39, 0.29) is 24.9 Å². The number of nitrogens with one attached hydrogen (secondary N) is 2. The van der Waals surface area contributed by atoms with Crippen molar-refractivity contribution in [1.29, 1.82) is 5.41 Å². The number of nitrogens with zero attached hydrogens (tertiary/aromatic N) is 3. The molecule has 0 bridgehead atoms. The Morgan fingerprint density at radius 2 is 1.89 bits per heavy atom. The molecule has 0 saturated carbocycles. The van der Waals surface area contributed by atoms with Crippen molar-refractivity contribution in [1.82, 2.24) is 9.97 Å². The number of benzene rings is 2. The minimum Gasteiger partial charge on any atom is -0.465 e. The van der Waals surface area contributed by atoms with Crippen molar-refractivity contribution >= 4 is 50.8 Å². The van der Waals surface area contributed by atoms with Gasteiger partial charge in [0.2, 0.25) is 0 Å². The normalized spacial score (nSPS) is 10.7. The fourth-order valence-electron chi connectivity index (χ4n) is 3.39. The van der Waals surface area contributed by atoms with E-state index in [0.29, 0.717) is 29.0 Å². The summed E-state index contributed by atoms with van der Waals surface area (Å²) >= 11 is 1.53. The number of ether oxygens (including phenoxy) is 1. The molecule has 9 nitrogen and oxygen atoms in total. The van der Waals surface area contributed by atoms with Crippen LogP contribution >= 0.6 is 11.3 Å². The van der Waals surface area contributed by atoms with Crippen LogP contribution in [0.2, 0.25) is 0 Å². The van der Waals surface area contributed by atoms with Crippen LogP contribution < -0.4 is 16.0 Å². The first-order chi connectivity index (χ1) is 16.9. The molecule has 2 heterocycles. The predicted octanol–water partition coefficient (Wildman–Crippen LogP) is 3.80. The fourth-order valence-corrected chi connectivity index (χ4v) is 4.28. The molecule has 0 fully saturated rings. The summed E-state index contributed by atoms with van der Waals surface area (Å²) < 4.78 is 5.98. The van der Waals surface area contributed by atoms with Gasteiger partial charge in [-0.2, -0.15) is 0 Å². The van der Waals surface area contributed by atoms with Crippen molar-refractivity contribution in [3.8, 4) is 0 Å². The fraction of sp³-hybridized carbons (Fsp3) is 0.160. The SMILES string of the molecule is CCOC(=O)CN(C(=O)c1ccc2sc(CNc3ccc(C(=N)N)cc3)nc2c1)c1ccccn1. The second kappa shape index (κ2) is 10.7. The van der Waals surface area contributed by atoms with Crippen molar-refractivity contribution in [2.45, 2.75) is 13.5 Å². The number of aromatic nitrogens is 2. The lowest BCUT2D eigenvalue weighted by atomic mass is 10.2. The van der Waals surface area contributed by atoms with E-state index in [0.717, 1.165) is 15.4 Å². The van der Waals surface area contributed by atoms with Gasteiger partial charge in [-0.15, -0.1) is 11.3 Å². The van der Waals surface area contributed by atoms with Crippen LogP contribution in [-0.2, 0) is 16.1 Å². The molecule has 2 aromatic heterocycles. The first-order valence-corrected chi connectivity index (χ1v) is 11.7. The van der Waals surface area contributed by atoms with Crippen LogP contribution in [0.15, 0.2) is 66.9 Å². The highest BCUT2D eigenvalue weighted by atomic mass is 32.1. The summed E-state index contributed by atoms with van der Waals surface area (Å²) in [5.74, 6) is -0.482. The van der Waals surface area contributed by atoms with Gasteiger partial charge in [-0.05, 0) is 61.5 Å². The number of pyridine rings is 1. The maximum atomic E-state index is 13.3. The third kappa shape index (κ3) is 5.79. The number of hydrogen-bond donors (Lipinski definition) is 3. The van der Waals surface area contributed by atoms with Crippen LogP contribution in [0.5, 0.6) is 0 Å². The number of amidine groups is 1. The number of nitrogens with two attached hydrogens (primary N) is 1. The zero-order valence-electron chi connectivity index (χ0n) is 19.0. The molecule has 4 rings (SSSR count). The Morgan fingerprint density at radius 3 is 2.57 bits per heavy atom. The van der Waals surface area contributed by atoms with Crippen LogP contribution in [0.3, 0.4) is 0 Å². The van der Waals surface area contributed by atoms with Gasteiger partial charge in [-0.25, -0.2) is 9.97 Å². The molecule has 4 N–H and O–H groups in total. The van der Waals surface area contributed by atoms with Crippen LogP contribution in [0, 0.1) is 5.41 Å². The Balaban J connectivity index is 1.52.